The number of carbonyl (C=O) groups excluding carboxylic acids is 1. The third-order valence-corrected chi connectivity index (χ3v) is 4.87. The Kier molecular flexibility index (Phi) is 4.24. The van der Waals surface area contributed by atoms with E-state index < -0.39 is 0 Å². The number of H-pyrrole nitrogens is 1. The molecule has 0 bridgehead atoms. The monoisotopic (exact) mass is 351 g/mol. The Hall–Kier alpha value is -3.02. The van der Waals surface area contributed by atoms with Gasteiger partial charge in [0.2, 0.25) is 0 Å². The lowest BCUT2D eigenvalue weighted by Gasteiger charge is -2.24. The first-order chi connectivity index (χ1) is 12.7. The van der Waals surface area contributed by atoms with Crippen molar-refractivity contribution in [1.29, 1.82) is 0 Å². The second kappa shape index (κ2) is 6.71. The van der Waals surface area contributed by atoms with Crippen molar-refractivity contribution >= 4 is 16.9 Å². The summed E-state index contributed by atoms with van der Waals surface area (Å²) in [6.07, 6.45) is 1.83. The molecule has 2 aromatic carbocycles. The van der Waals surface area contributed by atoms with E-state index in [9.17, 15) is 4.79 Å². The molecule has 1 aliphatic rings. The van der Waals surface area contributed by atoms with Gasteiger partial charge in [0.25, 0.3) is 5.91 Å². The molecule has 1 saturated heterocycles. The van der Waals surface area contributed by atoms with Crippen LogP contribution < -0.4 is 9.47 Å². The van der Waals surface area contributed by atoms with E-state index in [4.69, 9.17) is 14.5 Å². The first kappa shape index (κ1) is 16.4. The van der Waals surface area contributed by atoms with Gasteiger partial charge in [-0.05, 0) is 37.1 Å². The number of hydrogen-bond acceptors (Lipinski definition) is 4. The number of nitrogens with one attached hydrogen (secondary N) is 1. The van der Waals surface area contributed by atoms with Gasteiger partial charge in [0.05, 0.1) is 36.9 Å². The summed E-state index contributed by atoms with van der Waals surface area (Å²) in [5.74, 6) is 1.79. The maximum atomic E-state index is 13.2. The first-order valence-electron chi connectivity index (χ1n) is 8.69. The van der Waals surface area contributed by atoms with Crippen molar-refractivity contribution in [2.24, 2.45) is 0 Å². The molecule has 4 rings (SSSR count). The number of rotatable bonds is 4. The topological polar surface area (TPSA) is 67.5 Å². The molecule has 1 fully saturated rings. The molecule has 2 heterocycles. The van der Waals surface area contributed by atoms with Crippen LogP contribution in [0.25, 0.3) is 11.0 Å². The second-order valence-corrected chi connectivity index (χ2v) is 6.34. The van der Waals surface area contributed by atoms with Gasteiger partial charge in [-0.3, -0.25) is 4.79 Å². The van der Waals surface area contributed by atoms with Crippen LogP contribution in [-0.2, 0) is 0 Å². The number of likely N-dealkylation sites (tertiary alicyclic amines) is 1. The number of nitrogens with zero attached hydrogens (tertiary/aromatic N) is 2. The van der Waals surface area contributed by atoms with Crippen molar-refractivity contribution in [2.45, 2.75) is 18.9 Å². The van der Waals surface area contributed by atoms with Crippen LogP contribution in [0.1, 0.15) is 35.1 Å². The van der Waals surface area contributed by atoms with Gasteiger partial charge in [0.1, 0.15) is 5.82 Å². The summed E-state index contributed by atoms with van der Waals surface area (Å²) >= 11 is 0. The molecule has 0 radical (unpaired) electrons. The molecule has 1 N–H and O–H groups in total. The Morgan fingerprint density at radius 2 is 2.00 bits per heavy atom. The van der Waals surface area contributed by atoms with E-state index >= 15 is 0 Å². The summed E-state index contributed by atoms with van der Waals surface area (Å²) in [5, 5.41) is 0. The minimum Gasteiger partial charge on any atom is -0.493 e. The average molecular weight is 351 g/mol. The Morgan fingerprint density at radius 1 is 1.15 bits per heavy atom. The lowest BCUT2D eigenvalue weighted by Crippen LogP contribution is -2.31. The molecule has 3 aromatic rings. The molecule has 0 saturated carbocycles. The zero-order valence-electron chi connectivity index (χ0n) is 14.9. The Bertz CT molecular complexity index is 917. The highest BCUT2D eigenvalue weighted by Gasteiger charge is 2.34. The molecular weight excluding hydrogens is 330 g/mol. The van der Waals surface area contributed by atoms with Gasteiger partial charge in [-0.1, -0.05) is 18.2 Å². The molecule has 6 heteroatoms. The van der Waals surface area contributed by atoms with Gasteiger partial charge in [0, 0.05) is 6.54 Å². The molecule has 1 atom stereocenters. The molecule has 0 spiro atoms. The number of methoxy groups -OCH3 is 2. The first-order valence-corrected chi connectivity index (χ1v) is 8.69. The highest BCUT2D eigenvalue weighted by atomic mass is 16.5. The van der Waals surface area contributed by atoms with Crippen molar-refractivity contribution in [3.63, 3.8) is 0 Å². The van der Waals surface area contributed by atoms with E-state index in [0.29, 0.717) is 23.6 Å². The number of carbonyl (C=O) groups is 1. The summed E-state index contributed by atoms with van der Waals surface area (Å²) in [7, 11) is 3.12. The molecule has 134 valence electrons. The van der Waals surface area contributed by atoms with Gasteiger partial charge >= 0.3 is 0 Å². The maximum absolute atomic E-state index is 13.2. The lowest BCUT2D eigenvalue weighted by atomic mass is 10.1. The van der Waals surface area contributed by atoms with Crippen LogP contribution in [0.15, 0.2) is 42.5 Å². The Labute approximate surface area is 151 Å². The van der Waals surface area contributed by atoms with E-state index in [-0.39, 0.29) is 11.9 Å². The van der Waals surface area contributed by atoms with Crippen molar-refractivity contribution in [2.75, 3.05) is 20.8 Å². The number of aromatic nitrogens is 2. The van der Waals surface area contributed by atoms with E-state index in [2.05, 4.69) is 4.98 Å². The molecule has 1 amide bonds. The standard InChI is InChI=1S/C20H21N3O3/c1-25-17-11-5-7-13(18(17)26-2)20(24)23-12-6-10-16(23)19-21-14-8-3-4-9-15(14)22-19/h3-5,7-9,11,16H,6,10,12H2,1-2H3,(H,21,22). The number of fused-ring (bicyclic) bond motifs is 1. The summed E-state index contributed by atoms with van der Waals surface area (Å²) in [6.45, 7) is 0.695. The van der Waals surface area contributed by atoms with Gasteiger partial charge in [-0.15, -0.1) is 0 Å². The fourth-order valence-corrected chi connectivity index (χ4v) is 3.63. The largest absolute Gasteiger partial charge is 0.493 e. The van der Waals surface area contributed by atoms with E-state index in [1.807, 2.05) is 29.2 Å². The number of amides is 1. The zero-order valence-corrected chi connectivity index (χ0v) is 14.9. The van der Waals surface area contributed by atoms with Crippen molar-refractivity contribution in [1.82, 2.24) is 14.9 Å². The number of aromatic amines is 1. The fraction of sp³-hybridized carbons (Fsp3) is 0.300. The fourth-order valence-electron chi connectivity index (χ4n) is 3.63. The van der Waals surface area contributed by atoms with Crippen molar-refractivity contribution < 1.29 is 14.3 Å². The van der Waals surface area contributed by atoms with Gasteiger partial charge in [-0.25, -0.2) is 4.98 Å². The predicted octanol–water partition coefficient (Wildman–Crippen LogP) is 3.56. The third-order valence-electron chi connectivity index (χ3n) is 4.87. The summed E-state index contributed by atoms with van der Waals surface area (Å²) < 4.78 is 10.8. The molecule has 6 nitrogen and oxygen atoms in total. The second-order valence-electron chi connectivity index (χ2n) is 6.34. The quantitative estimate of drug-likeness (QED) is 0.780. The molecule has 1 unspecified atom stereocenters. The average Bonchev–Trinajstić information content (AvgIpc) is 3.32. The number of hydrogen-bond donors (Lipinski definition) is 1. The number of benzene rings is 2. The lowest BCUT2D eigenvalue weighted by molar-refractivity contribution is 0.0726. The molecular formula is C20H21N3O3. The molecule has 1 aliphatic heterocycles. The minimum absolute atomic E-state index is 0.0641. The summed E-state index contributed by atoms with van der Waals surface area (Å²) in [6, 6.07) is 13.2. The Morgan fingerprint density at radius 3 is 2.77 bits per heavy atom. The molecule has 1 aromatic heterocycles. The van der Waals surface area contributed by atoms with Crippen LogP contribution in [-0.4, -0.2) is 41.5 Å². The van der Waals surface area contributed by atoms with Crippen molar-refractivity contribution in [3.8, 4) is 11.5 Å². The van der Waals surface area contributed by atoms with Crippen LogP contribution in [0.4, 0.5) is 0 Å². The van der Waals surface area contributed by atoms with E-state index in [1.54, 1.807) is 32.4 Å². The molecule has 0 aliphatic carbocycles. The molecule has 26 heavy (non-hydrogen) atoms. The van der Waals surface area contributed by atoms with Gasteiger partial charge in [-0.2, -0.15) is 0 Å². The smallest absolute Gasteiger partial charge is 0.258 e. The summed E-state index contributed by atoms with van der Waals surface area (Å²) in [5.41, 5.74) is 2.41. The van der Waals surface area contributed by atoms with Crippen LogP contribution in [0, 0.1) is 0 Å². The predicted molar refractivity (Wildman–Crippen MR) is 98.7 cm³/mol. The third kappa shape index (κ3) is 2.67. The van der Waals surface area contributed by atoms with Gasteiger partial charge in [0.15, 0.2) is 11.5 Å². The zero-order chi connectivity index (χ0) is 18.1. The van der Waals surface area contributed by atoms with E-state index in [0.717, 1.165) is 29.7 Å². The van der Waals surface area contributed by atoms with Gasteiger partial charge < -0.3 is 19.4 Å². The number of ether oxygens (including phenoxy) is 2. The maximum Gasteiger partial charge on any atom is 0.258 e. The van der Waals surface area contributed by atoms with Crippen LogP contribution in [0.2, 0.25) is 0 Å². The van der Waals surface area contributed by atoms with E-state index in [1.165, 1.54) is 0 Å². The highest BCUT2D eigenvalue weighted by molar-refractivity contribution is 5.98. The Balaban J connectivity index is 1.69. The normalized spacial score (nSPS) is 16.8. The highest BCUT2D eigenvalue weighted by Crippen LogP contribution is 2.36. The van der Waals surface area contributed by atoms with Crippen molar-refractivity contribution in [3.05, 3.63) is 53.9 Å². The van der Waals surface area contributed by atoms with Crippen LogP contribution >= 0.6 is 0 Å². The van der Waals surface area contributed by atoms with Crippen LogP contribution in [0.3, 0.4) is 0 Å². The minimum atomic E-state index is -0.0660. The SMILES string of the molecule is COc1cccc(C(=O)N2CCCC2c2nc3ccccc3[nH]2)c1OC. The number of para-hydroxylation sites is 3. The number of imidazole rings is 1. The summed E-state index contributed by atoms with van der Waals surface area (Å²) in [4.78, 5) is 23.2. The van der Waals surface area contributed by atoms with Crippen LogP contribution in [0.5, 0.6) is 11.5 Å².